The summed E-state index contributed by atoms with van der Waals surface area (Å²) < 4.78 is 17.9. The summed E-state index contributed by atoms with van der Waals surface area (Å²) in [6.45, 7) is 11.1. The predicted octanol–water partition coefficient (Wildman–Crippen LogP) is -0.907. The van der Waals surface area contributed by atoms with Gasteiger partial charge in [0, 0.05) is 31.8 Å². The summed E-state index contributed by atoms with van der Waals surface area (Å²) in [6, 6.07) is -1.36. The first-order chi connectivity index (χ1) is 18.1. The minimum absolute atomic E-state index is 0.00574. The Morgan fingerprint density at radius 1 is 1.15 bits per heavy atom. The number of nitrogens with one attached hydrogen (secondary N) is 1. The molecule has 0 saturated carbocycles. The van der Waals surface area contributed by atoms with E-state index in [1.54, 1.807) is 33.8 Å². The summed E-state index contributed by atoms with van der Waals surface area (Å²) in [6.07, 6.45) is -5.13. The van der Waals surface area contributed by atoms with Gasteiger partial charge in [-0.3, -0.25) is 4.79 Å². The molecule has 228 valence electrons. The maximum Gasteiger partial charge on any atom is 0.228 e. The van der Waals surface area contributed by atoms with Crippen LogP contribution in [0.1, 0.15) is 60.8 Å². The van der Waals surface area contributed by atoms with Gasteiger partial charge in [0.1, 0.15) is 6.10 Å². The number of aliphatic hydroxyl groups is 5. The number of carbonyl (C=O) groups excluding carboxylic acids is 1. The Balaban J connectivity index is 2.37. The van der Waals surface area contributed by atoms with Crippen LogP contribution in [0.4, 0.5) is 0 Å². The molecule has 2 heterocycles. The van der Waals surface area contributed by atoms with Crippen molar-refractivity contribution in [3.63, 3.8) is 0 Å². The van der Waals surface area contributed by atoms with E-state index in [1.165, 1.54) is 0 Å². The van der Waals surface area contributed by atoms with Gasteiger partial charge in [-0.05, 0) is 25.7 Å². The highest BCUT2D eigenvalue weighted by atomic mass is 16.7. The summed E-state index contributed by atoms with van der Waals surface area (Å²) in [5.74, 6) is -3.49. The molecule has 0 aromatic rings. The monoisotopic (exact) mass is 561 g/mol. The highest BCUT2D eigenvalue weighted by Crippen LogP contribution is 2.38. The Kier molecular flexibility index (Phi) is 12.8. The second kappa shape index (κ2) is 14.6. The molecule has 2 saturated heterocycles. The standard InChI is InChI=1S/C27H51N3O9/c1-13(2)7-8-17(38-26-24(34)22(29)23(33)16(6)37-26)9-20-21(25(35)30-15(5)12-28)19(32)11-27(36,39-20)10-18(31)14(3)4/h7-8,13-24,26,31-34,36H,9-12,28-29H2,1-6H3,(H,30,35)/b8-7+/t15-,16?,17+,18-,19+,20+,21-,22?,23?,24?,26?,27-/m1/s1. The van der Waals surface area contributed by atoms with Crippen molar-refractivity contribution in [3.05, 3.63) is 12.2 Å². The van der Waals surface area contributed by atoms with Crippen LogP contribution in [0, 0.1) is 17.8 Å². The summed E-state index contributed by atoms with van der Waals surface area (Å²) in [4.78, 5) is 13.2. The summed E-state index contributed by atoms with van der Waals surface area (Å²) in [5.41, 5.74) is 11.6. The van der Waals surface area contributed by atoms with Crippen molar-refractivity contribution in [3.8, 4) is 0 Å². The zero-order valence-electron chi connectivity index (χ0n) is 24.0. The van der Waals surface area contributed by atoms with Gasteiger partial charge in [-0.1, -0.05) is 39.8 Å². The lowest BCUT2D eigenvalue weighted by Gasteiger charge is -2.46. The Hall–Kier alpha value is -1.19. The lowest BCUT2D eigenvalue weighted by atomic mass is 9.81. The fourth-order valence-electron chi connectivity index (χ4n) is 4.84. The summed E-state index contributed by atoms with van der Waals surface area (Å²) >= 11 is 0. The SMILES string of the molecule is CC(C)/C=C/[C@@H](C[C@@H]1O[C@](O)(C[C@@H](O)C(C)C)C[C@H](O)[C@H]1C(=O)N[C@H](C)CN)OC1OC(C)C(O)C(N)C1O. The number of carbonyl (C=O) groups is 1. The van der Waals surface area contributed by atoms with Crippen LogP contribution in [0.3, 0.4) is 0 Å². The average Bonchev–Trinajstić information content (AvgIpc) is 2.83. The minimum Gasteiger partial charge on any atom is -0.393 e. The minimum atomic E-state index is -1.89. The molecule has 5 unspecified atom stereocenters. The summed E-state index contributed by atoms with van der Waals surface area (Å²) in [5, 5.41) is 56.4. The number of nitrogens with two attached hydrogens (primary N) is 2. The van der Waals surface area contributed by atoms with Gasteiger partial charge in [-0.25, -0.2) is 0 Å². The third kappa shape index (κ3) is 9.42. The van der Waals surface area contributed by atoms with Crippen molar-refractivity contribution < 1.29 is 44.5 Å². The number of hydrogen-bond donors (Lipinski definition) is 8. The largest absolute Gasteiger partial charge is 0.393 e. The zero-order valence-corrected chi connectivity index (χ0v) is 24.0. The molecular weight excluding hydrogens is 510 g/mol. The Morgan fingerprint density at radius 2 is 1.79 bits per heavy atom. The quantitative estimate of drug-likeness (QED) is 0.137. The number of allylic oxidation sites excluding steroid dienone is 1. The first kappa shape index (κ1) is 34.0. The average molecular weight is 562 g/mol. The molecule has 1 amide bonds. The van der Waals surface area contributed by atoms with Crippen molar-refractivity contribution >= 4 is 5.91 Å². The molecule has 0 radical (unpaired) electrons. The first-order valence-corrected chi connectivity index (χ1v) is 14.0. The Bertz CT molecular complexity index is 800. The van der Waals surface area contributed by atoms with E-state index in [0.29, 0.717) is 0 Å². The lowest BCUT2D eigenvalue weighted by molar-refractivity contribution is -0.307. The van der Waals surface area contributed by atoms with Gasteiger partial charge in [0.05, 0.1) is 48.6 Å². The Labute approximate surface area is 231 Å². The van der Waals surface area contributed by atoms with E-state index < -0.39 is 72.7 Å². The van der Waals surface area contributed by atoms with Crippen LogP contribution in [0.5, 0.6) is 0 Å². The number of hydrogen-bond acceptors (Lipinski definition) is 11. The van der Waals surface area contributed by atoms with Crippen molar-refractivity contribution in [2.24, 2.45) is 29.2 Å². The van der Waals surface area contributed by atoms with Gasteiger partial charge in [0.2, 0.25) is 5.91 Å². The van der Waals surface area contributed by atoms with Gasteiger partial charge < -0.3 is 56.5 Å². The smallest absolute Gasteiger partial charge is 0.228 e. The first-order valence-electron chi connectivity index (χ1n) is 14.0. The molecule has 0 aromatic heterocycles. The van der Waals surface area contributed by atoms with E-state index in [0.717, 1.165) is 0 Å². The lowest BCUT2D eigenvalue weighted by Crippen LogP contribution is -2.62. The molecule has 2 fully saturated rings. The van der Waals surface area contributed by atoms with E-state index in [9.17, 15) is 30.3 Å². The normalized spacial score (nSPS) is 38.2. The third-order valence-electron chi connectivity index (χ3n) is 7.44. The molecule has 2 rings (SSSR count). The number of rotatable bonds is 12. The second-order valence-corrected chi connectivity index (χ2v) is 11.9. The molecular formula is C27H51N3O9. The number of aliphatic hydroxyl groups excluding tert-OH is 4. The zero-order chi connectivity index (χ0) is 29.7. The fraction of sp³-hybridized carbons (Fsp3) is 0.889. The highest BCUT2D eigenvalue weighted by molar-refractivity contribution is 5.80. The van der Waals surface area contributed by atoms with Gasteiger partial charge in [-0.15, -0.1) is 0 Å². The fourth-order valence-corrected chi connectivity index (χ4v) is 4.84. The predicted molar refractivity (Wildman–Crippen MR) is 144 cm³/mol. The van der Waals surface area contributed by atoms with Gasteiger partial charge >= 0.3 is 0 Å². The van der Waals surface area contributed by atoms with Gasteiger partial charge in [0.25, 0.3) is 0 Å². The van der Waals surface area contributed by atoms with Crippen LogP contribution >= 0.6 is 0 Å². The molecule has 0 aromatic carbocycles. The maximum atomic E-state index is 13.2. The van der Waals surface area contributed by atoms with Crippen LogP contribution in [0.25, 0.3) is 0 Å². The molecule has 2 aliphatic rings. The second-order valence-electron chi connectivity index (χ2n) is 11.9. The third-order valence-corrected chi connectivity index (χ3v) is 7.44. The topological polar surface area (TPSA) is 210 Å². The molecule has 0 spiro atoms. The van der Waals surface area contributed by atoms with E-state index in [-0.39, 0.29) is 43.7 Å². The van der Waals surface area contributed by atoms with E-state index in [4.69, 9.17) is 25.7 Å². The maximum absolute atomic E-state index is 13.2. The summed E-state index contributed by atoms with van der Waals surface area (Å²) in [7, 11) is 0. The van der Waals surface area contributed by atoms with Crippen molar-refractivity contribution in [1.29, 1.82) is 0 Å². The molecule has 10 N–H and O–H groups in total. The van der Waals surface area contributed by atoms with Crippen molar-refractivity contribution in [1.82, 2.24) is 5.32 Å². The van der Waals surface area contributed by atoms with Crippen LogP contribution in [-0.2, 0) is 19.0 Å². The number of ether oxygens (including phenoxy) is 3. The van der Waals surface area contributed by atoms with Crippen LogP contribution in [0.15, 0.2) is 12.2 Å². The van der Waals surface area contributed by atoms with Gasteiger partial charge in [0.15, 0.2) is 12.1 Å². The molecule has 2 aliphatic heterocycles. The number of amides is 1. The van der Waals surface area contributed by atoms with E-state index >= 15 is 0 Å². The molecule has 39 heavy (non-hydrogen) atoms. The molecule has 0 bridgehead atoms. The van der Waals surface area contributed by atoms with Crippen LogP contribution < -0.4 is 16.8 Å². The van der Waals surface area contributed by atoms with E-state index in [2.05, 4.69) is 5.32 Å². The van der Waals surface area contributed by atoms with E-state index in [1.807, 2.05) is 19.9 Å². The van der Waals surface area contributed by atoms with Crippen LogP contribution in [0.2, 0.25) is 0 Å². The van der Waals surface area contributed by atoms with Gasteiger partial charge in [-0.2, -0.15) is 0 Å². The molecule has 12 atom stereocenters. The Morgan fingerprint density at radius 3 is 2.36 bits per heavy atom. The van der Waals surface area contributed by atoms with Crippen molar-refractivity contribution in [2.75, 3.05) is 6.54 Å². The van der Waals surface area contributed by atoms with Crippen LogP contribution in [-0.4, -0.2) is 105 Å². The van der Waals surface area contributed by atoms with Crippen molar-refractivity contribution in [2.45, 2.75) is 128 Å². The highest BCUT2D eigenvalue weighted by Gasteiger charge is 2.50. The molecule has 12 heteroatoms. The molecule has 0 aliphatic carbocycles. The molecule has 12 nitrogen and oxygen atoms in total.